The van der Waals surface area contributed by atoms with Crippen LogP contribution in [0.3, 0.4) is 0 Å². The fourth-order valence-electron chi connectivity index (χ4n) is 3.79. The summed E-state index contributed by atoms with van der Waals surface area (Å²) in [7, 11) is 0. The molecule has 148 valence electrons. The summed E-state index contributed by atoms with van der Waals surface area (Å²) in [5.74, 6) is 0.666. The van der Waals surface area contributed by atoms with Gasteiger partial charge in [-0.05, 0) is 18.9 Å². The number of hydrogen-bond acceptors (Lipinski definition) is 6. The van der Waals surface area contributed by atoms with Crippen LogP contribution in [-0.4, -0.2) is 28.5 Å². The Morgan fingerprint density at radius 2 is 2.11 bits per heavy atom. The Balaban J connectivity index is 2.11. The minimum atomic E-state index is -0.982. The molecule has 0 aromatic heterocycles. The second-order valence-corrected chi connectivity index (χ2v) is 7.16. The van der Waals surface area contributed by atoms with Crippen molar-refractivity contribution in [1.29, 1.82) is 5.26 Å². The highest BCUT2D eigenvalue weighted by Crippen LogP contribution is 2.47. The summed E-state index contributed by atoms with van der Waals surface area (Å²) in [6.45, 7) is 5.21. The largest absolute Gasteiger partial charge is 0.487 e. The number of nitrogens with zero attached hydrogens (tertiary/aromatic N) is 1. The number of ether oxygens (including phenoxy) is 2. The van der Waals surface area contributed by atoms with Crippen molar-refractivity contribution in [2.24, 2.45) is 0 Å². The number of anilines is 1. The second kappa shape index (κ2) is 7.64. The maximum absolute atomic E-state index is 11.6. The molecule has 1 aromatic rings. The Hall–Kier alpha value is -2.85. The van der Waals surface area contributed by atoms with Gasteiger partial charge in [0.25, 0.3) is 0 Å². The molecule has 2 atom stereocenters. The van der Waals surface area contributed by atoms with Crippen LogP contribution in [0.25, 0.3) is 0 Å². The molecule has 0 saturated carbocycles. The van der Waals surface area contributed by atoms with Crippen molar-refractivity contribution in [2.45, 2.75) is 64.3 Å². The minimum Gasteiger partial charge on any atom is -0.487 e. The van der Waals surface area contributed by atoms with Crippen LogP contribution in [0.1, 0.15) is 63.7 Å². The number of ketones is 1. The topological polar surface area (TPSA) is 109 Å². The monoisotopic (exact) mass is 384 g/mol. The highest BCUT2D eigenvalue weighted by molar-refractivity contribution is 5.92. The number of aliphatic hydroxyl groups excluding tert-OH is 1. The van der Waals surface area contributed by atoms with Gasteiger partial charge >= 0.3 is 0 Å². The first-order valence-corrected chi connectivity index (χ1v) is 9.46. The maximum Gasteiger partial charge on any atom is 0.221 e. The lowest BCUT2D eigenvalue weighted by Gasteiger charge is -2.45. The Labute approximate surface area is 163 Å². The van der Waals surface area contributed by atoms with E-state index in [2.05, 4.69) is 11.4 Å². The van der Waals surface area contributed by atoms with Gasteiger partial charge in [-0.25, -0.2) is 0 Å². The normalized spacial score (nSPS) is 22.5. The highest BCUT2D eigenvalue weighted by atomic mass is 16.5. The maximum atomic E-state index is 11.6. The van der Waals surface area contributed by atoms with E-state index in [0.29, 0.717) is 48.4 Å². The molecule has 28 heavy (non-hydrogen) atoms. The van der Waals surface area contributed by atoms with Crippen LogP contribution in [0, 0.1) is 11.3 Å². The smallest absolute Gasteiger partial charge is 0.221 e. The minimum absolute atomic E-state index is 0.00672. The molecule has 1 amide bonds. The van der Waals surface area contributed by atoms with Crippen LogP contribution >= 0.6 is 0 Å². The number of rotatable bonds is 5. The van der Waals surface area contributed by atoms with Crippen molar-refractivity contribution in [2.75, 3.05) is 5.32 Å². The molecule has 0 spiro atoms. The van der Waals surface area contributed by atoms with Crippen molar-refractivity contribution >= 4 is 17.4 Å². The van der Waals surface area contributed by atoms with Gasteiger partial charge in [-0.1, -0.05) is 13.8 Å². The molecule has 3 rings (SSSR count). The molecule has 1 aliphatic heterocycles. The van der Waals surface area contributed by atoms with Crippen molar-refractivity contribution in [3.8, 4) is 11.8 Å². The predicted molar refractivity (Wildman–Crippen MR) is 102 cm³/mol. The van der Waals surface area contributed by atoms with Gasteiger partial charge in [-0.15, -0.1) is 0 Å². The lowest BCUT2D eigenvalue weighted by Crippen LogP contribution is -2.53. The van der Waals surface area contributed by atoms with Crippen molar-refractivity contribution < 1.29 is 24.2 Å². The average molecular weight is 384 g/mol. The molecule has 7 nitrogen and oxygen atoms in total. The third kappa shape index (κ3) is 3.48. The first-order chi connectivity index (χ1) is 13.3. The zero-order valence-corrected chi connectivity index (χ0v) is 16.2. The zero-order valence-electron chi connectivity index (χ0n) is 16.2. The van der Waals surface area contributed by atoms with Crippen LogP contribution in [0.15, 0.2) is 24.0 Å². The van der Waals surface area contributed by atoms with E-state index in [0.717, 1.165) is 0 Å². The van der Waals surface area contributed by atoms with Gasteiger partial charge in [0.15, 0.2) is 11.9 Å². The van der Waals surface area contributed by atoms with Gasteiger partial charge in [0, 0.05) is 37.5 Å². The Kier molecular flexibility index (Phi) is 5.43. The van der Waals surface area contributed by atoms with E-state index < -0.39 is 17.8 Å². The Morgan fingerprint density at radius 3 is 2.64 bits per heavy atom. The standard InChI is InChI=1S/C21H24N2O5/c1-4-21(5-2)20(26)19(27-15-7-6-14(25)9-15)16-8-13(11-22)17(23-12(3)24)10-18(16)28-21/h8-10,19-20,26H,4-7H2,1-3H3,(H,23,24)/t19-,20+/m0/s1. The van der Waals surface area contributed by atoms with Crippen LogP contribution in [0.5, 0.6) is 5.75 Å². The third-order valence-corrected chi connectivity index (χ3v) is 5.44. The van der Waals surface area contributed by atoms with E-state index in [4.69, 9.17) is 9.47 Å². The highest BCUT2D eigenvalue weighted by Gasteiger charge is 2.49. The van der Waals surface area contributed by atoms with Gasteiger partial charge in [0.05, 0.1) is 11.3 Å². The number of amides is 1. The predicted octanol–water partition coefficient (Wildman–Crippen LogP) is 3.13. The van der Waals surface area contributed by atoms with Gasteiger partial charge < -0.3 is 19.9 Å². The molecular weight excluding hydrogens is 360 g/mol. The summed E-state index contributed by atoms with van der Waals surface area (Å²) in [5, 5.41) is 23.3. The number of nitrogens with one attached hydrogen (secondary N) is 1. The first-order valence-electron chi connectivity index (χ1n) is 9.46. The molecule has 0 radical (unpaired) electrons. The summed E-state index contributed by atoms with van der Waals surface area (Å²) < 4.78 is 12.2. The van der Waals surface area contributed by atoms with E-state index in [1.807, 2.05) is 13.8 Å². The van der Waals surface area contributed by atoms with Gasteiger partial charge in [-0.3, -0.25) is 9.59 Å². The zero-order chi connectivity index (χ0) is 20.5. The lowest BCUT2D eigenvalue weighted by molar-refractivity contribution is -0.140. The fraction of sp³-hybridized carbons (Fsp3) is 0.476. The van der Waals surface area contributed by atoms with E-state index in [1.54, 1.807) is 12.1 Å². The molecule has 1 aromatic carbocycles. The molecule has 0 unspecified atom stereocenters. The number of carbonyl (C=O) groups is 2. The summed E-state index contributed by atoms with van der Waals surface area (Å²) in [5.41, 5.74) is 0.245. The summed E-state index contributed by atoms with van der Waals surface area (Å²) >= 11 is 0. The lowest BCUT2D eigenvalue weighted by atomic mass is 9.81. The van der Waals surface area contributed by atoms with Crippen LogP contribution in [0.2, 0.25) is 0 Å². The van der Waals surface area contributed by atoms with E-state index in [9.17, 15) is 20.0 Å². The molecular formula is C21H24N2O5. The van der Waals surface area contributed by atoms with Crippen molar-refractivity contribution in [3.05, 3.63) is 35.1 Å². The van der Waals surface area contributed by atoms with Gasteiger partial charge in [0.2, 0.25) is 5.91 Å². The molecule has 2 N–H and O–H groups in total. The summed E-state index contributed by atoms with van der Waals surface area (Å²) in [6.07, 6.45) is 1.65. The van der Waals surface area contributed by atoms with E-state index in [-0.39, 0.29) is 17.3 Å². The van der Waals surface area contributed by atoms with Crippen LogP contribution in [-0.2, 0) is 14.3 Å². The Morgan fingerprint density at radius 1 is 1.39 bits per heavy atom. The average Bonchev–Trinajstić information content (AvgIpc) is 3.08. The fourth-order valence-corrected chi connectivity index (χ4v) is 3.79. The quantitative estimate of drug-likeness (QED) is 0.807. The number of benzene rings is 1. The molecule has 0 fully saturated rings. The second-order valence-electron chi connectivity index (χ2n) is 7.16. The third-order valence-electron chi connectivity index (χ3n) is 5.44. The molecule has 0 saturated heterocycles. The van der Waals surface area contributed by atoms with Gasteiger partial charge in [0.1, 0.15) is 29.3 Å². The van der Waals surface area contributed by atoms with Crippen LogP contribution in [0.4, 0.5) is 5.69 Å². The number of hydrogen-bond donors (Lipinski definition) is 2. The van der Waals surface area contributed by atoms with Crippen LogP contribution < -0.4 is 10.1 Å². The first kappa shape index (κ1) is 19.9. The summed E-state index contributed by atoms with van der Waals surface area (Å²) in [4.78, 5) is 23.1. The summed E-state index contributed by atoms with van der Waals surface area (Å²) in [6, 6.07) is 5.23. The molecule has 0 bridgehead atoms. The molecule has 1 aliphatic carbocycles. The molecule has 7 heteroatoms. The van der Waals surface area contributed by atoms with E-state index in [1.165, 1.54) is 13.0 Å². The number of fused-ring (bicyclic) bond motifs is 1. The number of carbonyl (C=O) groups excluding carboxylic acids is 2. The number of aliphatic hydroxyl groups is 1. The number of nitriles is 1. The molecule has 1 heterocycles. The SMILES string of the molecule is CCC1(CC)Oc2cc(NC(C)=O)c(C#N)cc2[C@H](OC2=CC(=O)CC2)[C@H]1O. The van der Waals surface area contributed by atoms with Crippen molar-refractivity contribution in [1.82, 2.24) is 0 Å². The number of allylic oxidation sites excluding steroid dienone is 2. The van der Waals surface area contributed by atoms with Crippen molar-refractivity contribution in [3.63, 3.8) is 0 Å². The van der Waals surface area contributed by atoms with Gasteiger partial charge in [-0.2, -0.15) is 5.26 Å². The molecule has 2 aliphatic rings. The Bertz CT molecular complexity index is 880. The van der Waals surface area contributed by atoms with E-state index >= 15 is 0 Å².